The summed E-state index contributed by atoms with van der Waals surface area (Å²) in [4.78, 5) is 37.8. The number of likely N-dealkylation sites (N-methyl/N-ethyl adjacent to an activating group) is 1. The van der Waals surface area contributed by atoms with Gasteiger partial charge in [0.25, 0.3) is 0 Å². The molecular formula is C23H33FN6O5. The molecular weight excluding hydrogens is 459 g/mol. The molecule has 0 saturated carbocycles. The van der Waals surface area contributed by atoms with Gasteiger partial charge in [-0.05, 0) is 45.5 Å². The zero-order valence-electron chi connectivity index (χ0n) is 20.7. The molecule has 0 saturated heterocycles. The monoisotopic (exact) mass is 492 g/mol. The van der Waals surface area contributed by atoms with E-state index in [9.17, 15) is 18.8 Å². The number of esters is 1. The van der Waals surface area contributed by atoms with Crippen molar-refractivity contribution >= 4 is 18.0 Å². The molecule has 1 aromatic carbocycles. The van der Waals surface area contributed by atoms with E-state index in [0.29, 0.717) is 30.9 Å². The minimum absolute atomic E-state index is 0.0337. The van der Waals surface area contributed by atoms with Crippen molar-refractivity contribution in [1.29, 1.82) is 0 Å². The molecule has 11 nitrogen and oxygen atoms in total. The molecule has 1 aromatic heterocycles. The van der Waals surface area contributed by atoms with E-state index in [1.54, 1.807) is 43.6 Å². The molecule has 0 spiro atoms. The van der Waals surface area contributed by atoms with Gasteiger partial charge < -0.3 is 20.1 Å². The largest absolute Gasteiger partial charge is 0.469 e. The van der Waals surface area contributed by atoms with Gasteiger partial charge in [-0.1, -0.05) is 17.3 Å². The van der Waals surface area contributed by atoms with Crippen LogP contribution in [0.25, 0.3) is 0 Å². The Bertz CT molecular complexity index is 989. The van der Waals surface area contributed by atoms with Gasteiger partial charge in [0.15, 0.2) is 0 Å². The Balaban J connectivity index is 1.84. The summed E-state index contributed by atoms with van der Waals surface area (Å²) in [5.41, 5.74) is 0.664. The van der Waals surface area contributed by atoms with Gasteiger partial charge >= 0.3 is 12.1 Å². The van der Waals surface area contributed by atoms with E-state index in [1.807, 2.05) is 0 Å². The maximum absolute atomic E-state index is 13.3. The summed E-state index contributed by atoms with van der Waals surface area (Å²) >= 11 is 0. The van der Waals surface area contributed by atoms with Crippen molar-refractivity contribution in [2.45, 2.75) is 51.9 Å². The lowest BCUT2D eigenvalue weighted by Crippen LogP contribution is -2.38. The van der Waals surface area contributed by atoms with Gasteiger partial charge in [-0.3, -0.25) is 19.2 Å². The van der Waals surface area contributed by atoms with Crippen molar-refractivity contribution in [3.63, 3.8) is 0 Å². The van der Waals surface area contributed by atoms with Crippen LogP contribution in [0.15, 0.2) is 30.5 Å². The summed E-state index contributed by atoms with van der Waals surface area (Å²) in [5.74, 6) is -1.23. The molecule has 2 aromatic rings. The number of amides is 2. The fourth-order valence-electron chi connectivity index (χ4n) is 3.12. The molecule has 192 valence electrons. The van der Waals surface area contributed by atoms with Crippen LogP contribution in [-0.2, 0) is 32.2 Å². The van der Waals surface area contributed by atoms with Crippen LogP contribution in [0.3, 0.4) is 0 Å². The molecule has 1 atom stereocenters. The zero-order chi connectivity index (χ0) is 26.0. The summed E-state index contributed by atoms with van der Waals surface area (Å²) in [6.07, 6.45) is 1.14. The van der Waals surface area contributed by atoms with Gasteiger partial charge in [0.2, 0.25) is 5.91 Å². The van der Waals surface area contributed by atoms with Crippen LogP contribution in [0.1, 0.15) is 44.5 Å². The van der Waals surface area contributed by atoms with Crippen LogP contribution in [0, 0.1) is 5.82 Å². The third-order valence-electron chi connectivity index (χ3n) is 4.65. The van der Waals surface area contributed by atoms with E-state index >= 15 is 0 Å². The second-order valence-electron chi connectivity index (χ2n) is 9.03. The minimum Gasteiger partial charge on any atom is -0.469 e. The molecule has 0 radical (unpaired) electrons. The maximum atomic E-state index is 13.3. The van der Waals surface area contributed by atoms with Crippen molar-refractivity contribution in [3.8, 4) is 0 Å². The standard InChI is InChI=1S/C23H33FN6O5/c1-23(2,3)35-22(33)25-10-11-30-14-18(27-28-30)13-29(4)15-20(31)26-19(12-21(32)34-5)16-6-8-17(24)9-7-16/h6-9,14,19H,10-13,15H2,1-5H3,(H,25,33)(H,26,31). The SMILES string of the molecule is COC(=O)CC(NC(=O)CN(C)Cc1cn(CCNC(=O)OC(C)(C)C)nn1)c1ccc(F)cc1. The molecule has 0 aliphatic rings. The van der Waals surface area contributed by atoms with Crippen LogP contribution < -0.4 is 10.6 Å². The quantitative estimate of drug-likeness (QED) is 0.455. The number of hydrogen-bond acceptors (Lipinski definition) is 8. The van der Waals surface area contributed by atoms with Gasteiger partial charge in [0, 0.05) is 19.3 Å². The number of aromatic nitrogens is 3. The first kappa shape index (κ1) is 27.7. The van der Waals surface area contributed by atoms with Crippen LogP contribution in [0.4, 0.5) is 9.18 Å². The van der Waals surface area contributed by atoms with E-state index in [0.717, 1.165) is 0 Å². The first-order valence-electron chi connectivity index (χ1n) is 11.1. The molecule has 35 heavy (non-hydrogen) atoms. The highest BCUT2D eigenvalue weighted by atomic mass is 19.1. The highest BCUT2D eigenvalue weighted by Gasteiger charge is 2.20. The Morgan fingerprint density at radius 1 is 1.20 bits per heavy atom. The third kappa shape index (κ3) is 10.5. The second-order valence-corrected chi connectivity index (χ2v) is 9.03. The first-order valence-corrected chi connectivity index (χ1v) is 11.1. The van der Waals surface area contributed by atoms with Crippen LogP contribution in [0.5, 0.6) is 0 Å². The number of hydrogen-bond donors (Lipinski definition) is 2. The van der Waals surface area contributed by atoms with E-state index in [4.69, 9.17) is 9.47 Å². The second kappa shape index (κ2) is 12.8. The molecule has 2 rings (SSSR count). The topological polar surface area (TPSA) is 128 Å². The van der Waals surface area contributed by atoms with Gasteiger partial charge in [-0.25, -0.2) is 9.18 Å². The number of ether oxygens (including phenoxy) is 2. The number of methoxy groups -OCH3 is 1. The average Bonchev–Trinajstić information content (AvgIpc) is 3.19. The van der Waals surface area contributed by atoms with Gasteiger partial charge in [-0.2, -0.15) is 0 Å². The van der Waals surface area contributed by atoms with E-state index in [1.165, 1.54) is 31.4 Å². The number of alkyl carbamates (subject to hydrolysis) is 1. The highest BCUT2D eigenvalue weighted by molar-refractivity contribution is 5.79. The Kier molecular flexibility index (Phi) is 10.1. The van der Waals surface area contributed by atoms with Gasteiger partial charge in [0.1, 0.15) is 11.4 Å². The van der Waals surface area contributed by atoms with Gasteiger partial charge in [0.05, 0.1) is 38.4 Å². The van der Waals surface area contributed by atoms with Crippen LogP contribution >= 0.6 is 0 Å². The Morgan fingerprint density at radius 3 is 2.51 bits per heavy atom. The normalized spacial score (nSPS) is 12.2. The molecule has 2 amide bonds. The number of carbonyl (C=O) groups excluding carboxylic acids is 3. The predicted octanol–water partition coefficient (Wildman–Crippen LogP) is 1.79. The average molecular weight is 493 g/mol. The van der Waals surface area contributed by atoms with E-state index < -0.39 is 29.5 Å². The zero-order valence-corrected chi connectivity index (χ0v) is 20.7. The molecule has 0 fully saturated rings. The molecule has 1 unspecified atom stereocenters. The Labute approximate surface area is 203 Å². The number of carbonyl (C=O) groups is 3. The van der Waals surface area contributed by atoms with Gasteiger partial charge in [-0.15, -0.1) is 5.10 Å². The van der Waals surface area contributed by atoms with Crippen molar-refractivity contribution < 1.29 is 28.2 Å². The third-order valence-corrected chi connectivity index (χ3v) is 4.65. The predicted molar refractivity (Wildman–Crippen MR) is 125 cm³/mol. The Hall–Kier alpha value is -3.54. The smallest absolute Gasteiger partial charge is 0.407 e. The van der Waals surface area contributed by atoms with E-state index in [-0.39, 0.29) is 18.9 Å². The number of rotatable bonds is 11. The highest BCUT2D eigenvalue weighted by Crippen LogP contribution is 2.18. The number of nitrogens with zero attached hydrogens (tertiary/aromatic N) is 4. The van der Waals surface area contributed by atoms with Crippen LogP contribution in [-0.4, -0.2) is 70.7 Å². The fraction of sp³-hybridized carbons (Fsp3) is 0.522. The maximum Gasteiger partial charge on any atom is 0.407 e. The van der Waals surface area contributed by atoms with Crippen LogP contribution in [0.2, 0.25) is 0 Å². The van der Waals surface area contributed by atoms with E-state index in [2.05, 4.69) is 20.9 Å². The lowest BCUT2D eigenvalue weighted by atomic mass is 10.0. The fourth-order valence-corrected chi connectivity index (χ4v) is 3.12. The van der Waals surface area contributed by atoms with Crippen molar-refractivity contribution in [3.05, 3.63) is 47.5 Å². The number of nitrogens with one attached hydrogen (secondary N) is 2. The van der Waals surface area contributed by atoms with Crippen molar-refractivity contribution in [1.82, 2.24) is 30.5 Å². The molecule has 0 aliphatic carbocycles. The summed E-state index contributed by atoms with van der Waals surface area (Å²) < 4.78 is 24.7. The lowest BCUT2D eigenvalue weighted by molar-refractivity contribution is -0.141. The summed E-state index contributed by atoms with van der Waals surface area (Å²) in [7, 11) is 3.01. The molecule has 0 bridgehead atoms. The van der Waals surface area contributed by atoms with Crippen molar-refractivity contribution in [2.75, 3.05) is 27.2 Å². The molecule has 1 heterocycles. The molecule has 0 aliphatic heterocycles. The summed E-state index contributed by atoms with van der Waals surface area (Å²) in [5, 5.41) is 13.6. The number of benzene rings is 1. The lowest BCUT2D eigenvalue weighted by Gasteiger charge is -2.21. The number of halogens is 1. The Morgan fingerprint density at radius 2 is 1.89 bits per heavy atom. The summed E-state index contributed by atoms with van der Waals surface area (Å²) in [6, 6.07) is 4.92. The first-order chi connectivity index (χ1) is 16.4. The van der Waals surface area contributed by atoms with Crippen molar-refractivity contribution in [2.24, 2.45) is 0 Å². The molecule has 12 heteroatoms. The summed E-state index contributed by atoms with van der Waals surface area (Å²) in [6.45, 7) is 6.47. The minimum atomic E-state index is -0.651. The molecule has 2 N–H and O–H groups in total.